The molecular formula is C13H19N5O2S. The van der Waals surface area contributed by atoms with Gasteiger partial charge in [0, 0.05) is 18.1 Å². The summed E-state index contributed by atoms with van der Waals surface area (Å²) in [4.78, 5) is 16.4. The quantitative estimate of drug-likeness (QED) is 0.654. The van der Waals surface area contributed by atoms with E-state index < -0.39 is 0 Å². The number of aromatic nitrogens is 3. The Balaban J connectivity index is 2.32. The lowest BCUT2D eigenvalue weighted by Gasteiger charge is -2.12. The van der Waals surface area contributed by atoms with E-state index in [1.54, 1.807) is 29.3 Å². The summed E-state index contributed by atoms with van der Waals surface area (Å²) in [5.41, 5.74) is 0.592. The van der Waals surface area contributed by atoms with Crippen LogP contribution in [0.25, 0.3) is 0 Å². The maximum absolute atomic E-state index is 11.4. The third-order valence-electron chi connectivity index (χ3n) is 3.12. The number of anilines is 1. The molecule has 2 rings (SSSR count). The summed E-state index contributed by atoms with van der Waals surface area (Å²) in [6.07, 6.45) is 3.22. The van der Waals surface area contributed by atoms with Gasteiger partial charge in [-0.15, -0.1) is 11.3 Å². The Morgan fingerprint density at radius 3 is 2.81 bits per heavy atom. The molecule has 0 bridgehead atoms. The Bertz CT molecular complexity index is 649. The van der Waals surface area contributed by atoms with E-state index in [4.69, 9.17) is 0 Å². The van der Waals surface area contributed by atoms with Crippen molar-refractivity contribution in [3.05, 3.63) is 31.9 Å². The molecule has 0 saturated carbocycles. The SMILES string of the molecule is CCCc1nn(C)c(NC(C)c2ncc(C)s2)c1[N+](=O)[O-]. The normalized spacial score (nSPS) is 12.4. The number of hydrogen-bond acceptors (Lipinski definition) is 6. The van der Waals surface area contributed by atoms with Crippen molar-refractivity contribution < 1.29 is 4.92 Å². The van der Waals surface area contributed by atoms with Crippen molar-refractivity contribution in [2.75, 3.05) is 5.32 Å². The van der Waals surface area contributed by atoms with Crippen LogP contribution < -0.4 is 5.32 Å². The number of nitro groups is 1. The number of thiazole rings is 1. The smallest absolute Gasteiger partial charge is 0.334 e. The fourth-order valence-electron chi connectivity index (χ4n) is 2.17. The van der Waals surface area contributed by atoms with Crippen molar-refractivity contribution in [3.8, 4) is 0 Å². The Morgan fingerprint density at radius 2 is 2.29 bits per heavy atom. The summed E-state index contributed by atoms with van der Waals surface area (Å²) in [6, 6.07) is -0.104. The van der Waals surface area contributed by atoms with Crippen LogP contribution in [0.4, 0.5) is 11.5 Å². The van der Waals surface area contributed by atoms with Crippen LogP contribution in [-0.4, -0.2) is 19.7 Å². The molecule has 7 nitrogen and oxygen atoms in total. The van der Waals surface area contributed by atoms with E-state index in [9.17, 15) is 10.1 Å². The summed E-state index contributed by atoms with van der Waals surface area (Å²) < 4.78 is 1.54. The van der Waals surface area contributed by atoms with Gasteiger partial charge in [0.2, 0.25) is 5.82 Å². The molecule has 0 spiro atoms. The molecule has 1 atom stereocenters. The van der Waals surface area contributed by atoms with Crippen LogP contribution in [0, 0.1) is 17.0 Å². The molecule has 2 heterocycles. The zero-order valence-electron chi connectivity index (χ0n) is 12.6. The van der Waals surface area contributed by atoms with Gasteiger partial charge in [-0.05, 0) is 20.3 Å². The van der Waals surface area contributed by atoms with Gasteiger partial charge in [-0.3, -0.25) is 10.1 Å². The second kappa shape index (κ2) is 6.21. The molecule has 2 aromatic heterocycles. The van der Waals surface area contributed by atoms with E-state index in [0.717, 1.165) is 16.3 Å². The molecule has 114 valence electrons. The fourth-order valence-corrected chi connectivity index (χ4v) is 2.94. The highest BCUT2D eigenvalue weighted by molar-refractivity contribution is 7.11. The molecule has 0 saturated heterocycles. The molecule has 8 heteroatoms. The molecule has 0 aliphatic rings. The second-order valence-corrected chi connectivity index (χ2v) is 6.22. The molecule has 1 unspecified atom stereocenters. The lowest BCUT2D eigenvalue weighted by atomic mass is 10.2. The van der Waals surface area contributed by atoms with Crippen molar-refractivity contribution >= 4 is 22.8 Å². The Labute approximate surface area is 127 Å². The second-order valence-electron chi connectivity index (χ2n) is 4.95. The maximum atomic E-state index is 11.4. The zero-order valence-corrected chi connectivity index (χ0v) is 13.4. The van der Waals surface area contributed by atoms with E-state index in [-0.39, 0.29) is 16.7 Å². The van der Waals surface area contributed by atoms with Crippen LogP contribution in [0.15, 0.2) is 6.20 Å². The van der Waals surface area contributed by atoms with E-state index >= 15 is 0 Å². The van der Waals surface area contributed by atoms with Crippen molar-refractivity contribution in [2.24, 2.45) is 7.05 Å². The Morgan fingerprint density at radius 1 is 1.57 bits per heavy atom. The summed E-state index contributed by atoms with van der Waals surface area (Å²) >= 11 is 1.58. The molecule has 21 heavy (non-hydrogen) atoms. The first-order valence-electron chi connectivity index (χ1n) is 6.83. The zero-order chi connectivity index (χ0) is 15.6. The van der Waals surface area contributed by atoms with Crippen LogP contribution >= 0.6 is 11.3 Å². The molecule has 0 amide bonds. The highest BCUT2D eigenvalue weighted by atomic mass is 32.1. The number of aryl methyl sites for hydroxylation is 3. The van der Waals surface area contributed by atoms with Gasteiger partial charge in [0.15, 0.2) is 0 Å². The minimum Gasteiger partial charge on any atom is -0.356 e. The molecule has 2 aromatic rings. The van der Waals surface area contributed by atoms with Crippen LogP contribution in [-0.2, 0) is 13.5 Å². The summed E-state index contributed by atoms with van der Waals surface area (Å²) in [7, 11) is 1.72. The summed E-state index contributed by atoms with van der Waals surface area (Å²) in [6.45, 7) is 5.90. The number of rotatable bonds is 6. The lowest BCUT2D eigenvalue weighted by molar-refractivity contribution is -0.384. The predicted molar refractivity (Wildman–Crippen MR) is 82.7 cm³/mol. The molecule has 0 aliphatic heterocycles. The van der Waals surface area contributed by atoms with Gasteiger partial charge >= 0.3 is 5.69 Å². The summed E-state index contributed by atoms with van der Waals surface area (Å²) in [5, 5.41) is 19.7. The van der Waals surface area contributed by atoms with Gasteiger partial charge in [0.25, 0.3) is 0 Å². The standard InChI is InChI=1S/C13H19N5O2S/c1-5-6-10-11(18(19)20)12(17(4)16-10)15-9(3)13-14-7-8(2)21-13/h7,9,15H,5-6H2,1-4H3. The molecule has 0 fully saturated rings. The monoisotopic (exact) mass is 309 g/mol. The van der Waals surface area contributed by atoms with Crippen LogP contribution in [0.1, 0.15) is 41.9 Å². The molecule has 1 N–H and O–H groups in total. The minimum absolute atomic E-state index is 0.0690. The number of nitrogens with zero attached hydrogens (tertiary/aromatic N) is 4. The fraction of sp³-hybridized carbons (Fsp3) is 0.538. The Kier molecular flexibility index (Phi) is 4.56. The van der Waals surface area contributed by atoms with Gasteiger partial charge in [-0.2, -0.15) is 5.10 Å². The number of nitrogens with one attached hydrogen (secondary N) is 1. The third kappa shape index (κ3) is 3.21. The van der Waals surface area contributed by atoms with Gasteiger partial charge in [0.1, 0.15) is 10.7 Å². The van der Waals surface area contributed by atoms with Crippen LogP contribution in [0.3, 0.4) is 0 Å². The lowest BCUT2D eigenvalue weighted by Crippen LogP contribution is -2.11. The van der Waals surface area contributed by atoms with E-state index in [0.29, 0.717) is 17.9 Å². The molecule has 0 aliphatic carbocycles. The van der Waals surface area contributed by atoms with Crippen molar-refractivity contribution in [2.45, 2.75) is 39.7 Å². The van der Waals surface area contributed by atoms with Crippen molar-refractivity contribution in [1.82, 2.24) is 14.8 Å². The predicted octanol–water partition coefficient (Wildman–Crippen LogP) is 3.22. The Hall–Kier alpha value is -1.96. The van der Waals surface area contributed by atoms with E-state index in [2.05, 4.69) is 15.4 Å². The average molecular weight is 309 g/mol. The highest BCUT2D eigenvalue weighted by Crippen LogP contribution is 2.32. The average Bonchev–Trinajstić information content (AvgIpc) is 2.95. The molecule has 0 aromatic carbocycles. The van der Waals surface area contributed by atoms with E-state index in [1.165, 1.54) is 0 Å². The third-order valence-corrected chi connectivity index (χ3v) is 4.22. The van der Waals surface area contributed by atoms with Crippen molar-refractivity contribution in [3.63, 3.8) is 0 Å². The first kappa shape index (κ1) is 15.4. The van der Waals surface area contributed by atoms with E-state index in [1.807, 2.05) is 20.8 Å². The first-order valence-corrected chi connectivity index (χ1v) is 7.64. The van der Waals surface area contributed by atoms with Gasteiger partial charge in [-0.25, -0.2) is 9.67 Å². The van der Waals surface area contributed by atoms with Gasteiger partial charge < -0.3 is 5.32 Å². The molecular weight excluding hydrogens is 290 g/mol. The van der Waals surface area contributed by atoms with Gasteiger partial charge in [0.05, 0.1) is 11.0 Å². The first-order chi connectivity index (χ1) is 9.93. The summed E-state index contributed by atoms with van der Waals surface area (Å²) in [5.74, 6) is 0.434. The van der Waals surface area contributed by atoms with Crippen LogP contribution in [0.2, 0.25) is 0 Å². The maximum Gasteiger partial charge on any atom is 0.334 e. The largest absolute Gasteiger partial charge is 0.356 e. The highest BCUT2D eigenvalue weighted by Gasteiger charge is 2.27. The van der Waals surface area contributed by atoms with Gasteiger partial charge in [-0.1, -0.05) is 13.3 Å². The minimum atomic E-state index is -0.361. The van der Waals surface area contributed by atoms with Crippen LogP contribution in [0.5, 0.6) is 0 Å². The topological polar surface area (TPSA) is 85.9 Å². The van der Waals surface area contributed by atoms with Crippen molar-refractivity contribution in [1.29, 1.82) is 0 Å². The number of hydrogen-bond donors (Lipinski definition) is 1. The molecule has 0 radical (unpaired) electrons.